The standard InChI is InChI=1S/C68H57N5O4/c74-61-59(46-47-75-67(53-34-16-4-17-35-53,54-36-18-5-19-37-54)55-38-20-6-21-39-55)76-65(62(61)77-68(56-40-22-7-23-41-56,57-42-24-8-25-43-57)58-44-26-9-27-45-58)73-49-71-60-63(69-48-70-64(60)73)72-66(50-28-10-1-11-29-50,51-30-12-2-13-31-51)52-32-14-3-15-33-52/h1-45,48-49,59,61-62,65,74H,46-47H2,(H,69,70,72)/t59-,61-,62-,65-/m1/s1. The monoisotopic (exact) mass is 1010 g/mol. The molecule has 1 saturated heterocycles. The summed E-state index contributed by atoms with van der Waals surface area (Å²) < 4.78 is 24.3. The van der Waals surface area contributed by atoms with E-state index in [1.807, 2.05) is 132 Å². The Morgan fingerprint density at radius 2 is 0.792 bits per heavy atom. The van der Waals surface area contributed by atoms with Crippen LogP contribution in [0.5, 0.6) is 0 Å². The first-order chi connectivity index (χ1) is 38.1. The fourth-order valence-corrected chi connectivity index (χ4v) is 11.4. The van der Waals surface area contributed by atoms with E-state index in [1.165, 1.54) is 0 Å². The molecule has 2 aromatic heterocycles. The Hall–Kier alpha value is -8.83. The molecule has 1 aliphatic heterocycles. The van der Waals surface area contributed by atoms with E-state index < -0.39 is 41.3 Å². The quantitative estimate of drug-likeness (QED) is 0.0820. The number of rotatable bonds is 18. The summed E-state index contributed by atoms with van der Waals surface area (Å²) in [7, 11) is 0. The smallest absolute Gasteiger partial charge is 0.167 e. The molecule has 11 aromatic rings. The summed E-state index contributed by atoms with van der Waals surface area (Å²) in [5.74, 6) is 0.512. The van der Waals surface area contributed by atoms with Gasteiger partial charge in [0.15, 0.2) is 23.2 Å². The number of nitrogens with one attached hydrogen (secondary N) is 1. The van der Waals surface area contributed by atoms with Gasteiger partial charge in [-0.1, -0.05) is 273 Å². The topological polar surface area (TPSA) is 104 Å². The van der Waals surface area contributed by atoms with Crippen molar-refractivity contribution < 1.29 is 19.3 Å². The highest BCUT2D eigenvalue weighted by molar-refractivity contribution is 5.84. The second kappa shape index (κ2) is 21.8. The van der Waals surface area contributed by atoms with E-state index in [2.05, 4.69) is 151 Å². The van der Waals surface area contributed by atoms with Crippen molar-refractivity contribution in [1.82, 2.24) is 19.5 Å². The Labute approximate surface area is 449 Å². The van der Waals surface area contributed by atoms with Crippen molar-refractivity contribution >= 4 is 17.0 Å². The molecule has 2 N–H and O–H groups in total. The van der Waals surface area contributed by atoms with Gasteiger partial charge in [0.05, 0.1) is 19.0 Å². The lowest BCUT2D eigenvalue weighted by Crippen LogP contribution is -2.44. The van der Waals surface area contributed by atoms with Crippen LogP contribution in [-0.2, 0) is 31.0 Å². The number of hydrogen-bond donors (Lipinski definition) is 2. The van der Waals surface area contributed by atoms with Crippen LogP contribution in [0.25, 0.3) is 11.2 Å². The zero-order chi connectivity index (χ0) is 51.9. The number of aliphatic hydroxyl groups is 1. The molecule has 1 fully saturated rings. The number of aromatic nitrogens is 4. The van der Waals surface area contributed by atoms with Crippen LogP contribution in [0.1, 0.15) is 62.7 Å². The minimum Gasteiger partial charge on any atom is -0.388 e. The highest BCUT2D eigenvalue weighted by atomic mass is 16.6. The molecule has 0 aliphatic carbocycles. The summed E-state index contributed by atoms with van der Waals surface area (Å²) in [4.78, 5) is 15.0. The summed E-state index contributed by atoms with van der Waals surface area (Å²) >= 11 is 0. The van der Waals surface area contributed by atoms with E-state index in [1.54, 1.807) is 12.7 Å². The van der Waals surface area contributed by atoms with Crippen molar-refractivity contribution in [1.29, 1.82) is 0 Å². The molecule has 378 valence electrons. The third-order valence-electron chi connectivity index (χ3n) is 15.0. The number of benzene rings is 9. The van der Waals surface area contributed by atoms with Crippen molar-refractivity contribution in [3.05, 3.63) is 336 Å². The number of ether oxygens (including phenoxy) is 3. The molecule has 4 atom stereocenters. The molecule has 77 heavy (non-hydrogen) atoms. The first-order valence-corrected chi connectivity index (χ1v) is 26.2. The van der Waals surface area contributed by atoms with Crippen LogP contribution in [0.15, 0.2) is 286 Å². The van der Waals surface area contributed by atoms with Gasteiger partial charge in [0, 0.05) is 0 Å². The summed E-state index contributed by atoms with van der Waals surface area (Å²) in [6.45, 7) is 0.211. The fourth-order valence-electron chi connectivity index (χ4n) is 11.4. The van der Waals surface area contributed by atoms with E-state index in [-0.39, 0.29) is 6.61 Å². The average Bonchev–Trinajstić information content (AvgIpc) is 4.22. The highest BCUT2D eigenvalue weighted by Crippen LogP contribution is 2.48. The predicted octanol–water partition coefficient (Wildman–Crippen LogP) is 13.3. The van der Waals surface area contributed by atoms with Crippen molar-refractivity contribution in [2.24, 2.45) is 0 Å². The fraction of sp³-hybridized carbons (Fsp3) is 0.132. The lowest BCUT2D eigenvalue weighted by Gasteiger charge is -2.40. The lowest BCUT2D eigenvalue weighted by molar-refractivity contribution is -0.122. The molecule has 0 bridgehead atoms. The molecule has 0 saturated carbocycles. The molecule has 0 amide bonds. The number of anilines is 1. The summed E-state index contributed by atoms with van der Waals surface area (Å²) in [6.07, 6.45) is -0.289. The molecule has 12 rings (SSSR count). The Balaban J connectivity index is 0.985. The van der Waals surface area contributed by atoms with Crippen molar-refractivity contribution in [2.45, 2.75) is 47.7 Å². The van der Waals surface area contributed by atoms with E-state index in [4.69, 9.17) is 29.2 Å². The van der Waals surface area contributed by atoms with E-state index in [9.17, 15) is 5.11 Å². The van der Waals surface area contributed by atoms with Gasteiger partial charge in [-0.05, 0) is 56.5 Å². The maximum absolute atomic E-state index is 13.2. The van der Waals surface area contributed by atoms with E-state index in [0.717, 1.165) is 50.1 Å². The zero-order valence-electron chi connectivity index (χ0n) is 42.3. The van der Waals surface area contributed by atoms with Gasteiger partial charge < -0.3 is 24.6 Å². The van der Waals surface area contributed by atoms with Crippen LogP contribution < -0.4 is 5.32 Å². The molecule has 9 aromatic carbocycles. The number of hydrogen-bond acceptors (Lipinski definition) is 8. The molecular weight excluding hydrogens is 951 g/mol. The molecule has 0 spiro atoms. The third kappa shape index (κ3) is 9.09. The highest BCUT2D eigenvalue weighted by Gasteiger charge is 2.52. The summed E-state index contributed by atoms with van der Waals surface area (Å²) in [5, 5.41) is 17.1. The minimum atomic E-state index is -1.22. The third-order valence-corrected chi connectivity index (χ3v) is 15.0. The Morgan fingerprint density at radius 3 is 1.17 bits per heavy atom. The van der Waals surface area contributed by atoms with Crippen LogP contribution in [-0.4, -0.2) is 49.5 Å². The molecule has 9 nitrogen and oxygen atoms in total. The molecule has 0 unspecified atom stereocenters. The first-order valence-electron chi connectivity index (χ1n) is 26.2. The van der Waals surface area contributed by atoms with Crippen LogP contribution in [0.3, 0.4) is 0 Å². The number of nitrogens with zero attached hydrogens (tertiary/aromatic N) is 4. The Morgan fingerprint density at radius 1 is 0.442 bits per heavy atom. The van der Waals surface area contributed by atoms with Gasteiger partial charge in [-0.25, -0.2) is 15.0 Å². The number of aliphatic hydroxyl groups excluding tert-OH is 1. The molecule has 1 aliphatic rings. The Kier molecular flexibility index (Phi) is 13.9. The molecular formula is C68H57N5O4. The summed E-state index contributed by atoms with van der Waals surface area (Å²) in [5.41, 5.74) is 6.54. The second-order valence-electron chi connectivity index (χ2n) is 19.4. The van der Waals surface area contributed by atoms with E-state index >= 15 is 0 Å². The van der Waals surface area contributed by atoms with Crippen LogP contribution >= 0.6 is 0 Å². The average molecular weight is 1010 g/mol. The van der Waals surface area contributed by atoms with Crippen molar-refractivity contribution in [3.8, 4) is 0 Å². The first kappa shape index (κ1) is 49.1. The second-order valence-corrected chi connectivity index (χ2v) is 19.4. The van der Waals surface area contributed by atoms with Gasteiger partial charge >= 0.3 is 0 Å². The van der Waals surface area contributed by atoms with Crippen LogP contribution in [0.2, 0.25) is 0 Å². The molecule has 0 radical (unpaired) electrons. The van der Waals surface area contributed by atoms with Gasteiger partial charge in [0.2, 0.25) is 0 Å². The normalized spacial score (nSPS) is 16.8. The van der Waals surface area contributed by atoms with Gasteiger partial charge in [0.1, 0.15) is 35.3 Å². The van der Waals surface area contributed by atoms with Crippen LogP contribution in [0, 0.1) is 0 Å². The van der Waals surface area contributed by atoms with Crippen molar-refractivity contribution in [2.75, 3.05) is 11.9 Å². The molecule has 9 heteroatoms. The van der Waals surface area contributed by atoms with Crippen molar-refractivity contribution in [3.63, 3.8) is 0 Å². The number of imidazole rings is 1. The van der Waals surface area contributed by atoms with Gasteiger partial charge in [-0.2, -0.15) is 0 Å². The van der Waals surface area contributed by atoms with Gasteiger partial charge in [-0.15, -0.1) is 0 Å². The number of fused-ring (bicyclic) bond motifs is 1. The zero-order valence-corrected chi connectivity index (χ0v) is 42.3. The van der Waals surface area contributed by atoms with Gasteiger partial charge in [-0.3, -0.25) is 4.57 Å². The SMILES string of the molecule is O[C@H]1[C@@H](OC(c2ccccc2)(c2ccccc2)c2ccccc2)[C@H](n2cnc3c(NC(c4ccccc4)(c4ccccc4)c4ccccc4)ncnc32)O[C@@H]1CCOC(c1ccccc1)(c1ccccc1)c1ccccc1. The lowest BCUT2D eigenvalue weighted by atomic mass is 9.77. The predicted molar refractivity (Wildman–Crippen MR) is 302 cm³/mol. The Bertz CT molecular complexity index is 3330. The summed E-state index contributed by atoms with van der Waals surface area (Å²) in [6, 6.07) is 92.7. The maximum Gasteiger partial charge on any atom is 0.167 e. The van der Waals surface area contributed by atoms with Crippen LogP contribution in [0.4, 0.5) is 5.82 Å². The largest absolute Gasteiger partial charge is 0.388 e. The van der Waals surface area contributed by atoms with E-state index in [0.29, 0.717) is 23.4 Å². The minimum absolute atomic E-state index is 0.211. The maximum atomic E-state index is 13.2. The molecule has 3 heterocycles. The van der Waals surface area contributed by atoms with Gasteiger partial charge in [0.25, 0.3) is 0 Å².